The van der Waals surface area contributed by atoms with Crippen LogP contribution in [0, 0.1) is 6.92 Å². The number of carbonyl (C=O) groups excluding carboxylic acids is 1. The molecule has 1 aromatic rings. The van der Waals surface area contributed by atoms with Gasteiger partial charge in [0.25, 0.3) is 0 Å². The highest BCUT2D eigenvalue weighted by Gasteiger charge is 2.10. The lowest BCUT2D eigenvalue weighted by Crippen LogP contribution is -2.26. The number of nitrogens with zero attached hydrogens (tertiary/aromatic N) is 1. The minimum atomic E-state index is 0.0581. The molecule has 0 saturated carbocycles. The van der Waals surface area contributed by atoms with E-state index in [0.29, 0.717) is 11.6 Å². The molecular weight excluding hydrogens is 238 g/mol. The molecule has 0 aliphatic rings. The molecule has 0 aliphatic carbocycles. The third-order valence-corrected chi connectivity index (χ3v) is 2.99. The van der Waals surface area contributed by atoms with Gasteiger partial charge in [-0.05, 0) is 36.6 Å². The minimum Gasteiger partial charge on any atom is -0.496 e. The highest BCUT2D eigenvalue weighted by molar-refractivity contribution is 6.30. The Bertz CT molecular complexity index is 418. The normalized spacial score (nSPS) is 10.2. The van der Waals surface area contributed by atoms with Gasteiger partial charge in [0, 0.05) is 25.5 Å². The van der Waals surface area contributed by atoms with Gasteiger partial charge in [-0.1, -0.05) is 11.6 Å². The maximum Gasteiger partial charge on any atom is 0.219 e. The predicted octanol–water partition coefficient (Wildman–Crippen LogP) is 2.68. The molecular formula is C13H18ClNO2. The molecule has 0 bridgehead atoms. The first-order valence-electron chi connectivity index (χ1n) is 5.50. The topological polar surface area (TPSA) is 29.5 Å². The number of rotatable bonds is 4. The summed E-state index contributed by atoms with van der Waals surface area (Å²) in [6, 6.07) is 3.76. The summed E-state index contributed by atoms with van der Waals surface area (Å²) in [4.78, 5) is 12.8. The number of hydrogen-bond donors (Lipinski definition) is 0. The van der Waals surface area contributed by atoms with Crippen LogP contribution >= 0.6 is 11.6 Å². The lowest BCUT2D eigenvalue weighted by molar-refractivity contribution is -0.127. The molecule has 0 spiro atoms. The summed E-state index contributed by atoms with van der Waals surface area (Å²) >= 11 is 6.02. The molecule has 0 aromatic heterocycles. The summed E-state index contributed by atoms with van der Waals surface area (Å²) < 4.78 is 5.36. The van der Waals surface area contributed by atoms with E-state index in [-0.39, 0.29) is 5.91 Å². The largest absolute Gasteiger partial charge is 0.496 e. The number of halogens is 1. The number of amides is 1. The van der Waals surface area contributed by atoms with E-state index in [2.05, 4.69) is 0 Å². The highest BCUT2D eigenvalue weighted by atomic mass is 35.5. The van der Waals surface area contributed by atoms with Crippen molar-refractivity contribution in [2.75, 3.05) is 20.7 Å². The maximum absolute atomic E-state index is 11.1. The molecule has 0 saturated heterocycles. The van der Waals surface area contributed by atoms with Crippen LogP contribution in [0.4, 0.5) is 0 Å². The van der Waals surface area contributed by atoms with Crippen LogP contribution in [0.15, 0.2) is 12.1 Å². The fraction of sp³-hybridized carbons (Fsp3) is 0.462. The van der Waals surface area contributed by atoms with Crippen molar-refractivity contribution < 1.29 is 9.53 Å². The second-order valence-electron chi connectivity index (χ2n) is 4.11. The van der Waals surface area contributed by atoms with E-state index in [9.17, 15) is 4.79 Å². The van der Waals surface area contributed by atoms with Gasteiger partial charge in [0.15, 0.2) is 0 Å². The van der Waals surface area contributed by atoms with Crippen molar-refractivity contribution in [2.24, 2.45) is 0 Å². The van der Waals surface area contributed by atoms with Gasteiger partial charge in [-0.15, -0.1) is 0 Å². The lowest BCUT2D eigenvalue weighted by Gasteiger charge is -2.17. The first-order chi connectivity index (χ1) is 7.95. The van der Waals surface area contributed by atoms with Crippen molar-refractivity contribution in [3.63, 3.8) is 0 Å². The van der Waals surface area contributed by atoms with Crippen molar-refractivity contribution in [3.05, 3.63) is 28.3 Å². The Balaban J connectivity index is 2.86. The van der Waals surface area contributed by atoms with Crippen LogP contribution in [0.25, 0.3) is 0 Å². The van der Waals surface area contributed by atoms with Gasteiger partial charge < -0.3 is 9.64 Å². The molecule has 4 heteroatoms. The van der Waals surface area contributed by atoms with Gasteiger partial charge in [0.1, 0.15) is 5.75 Å². The number of likely N-dealkylation sites (N-methyl/N-ethyl adjacent to an activating group) is 1. The Hall–Kier alpha value is -1.22. The Labute approximate surface area is 107 Å². The number of carbonyl (C=O) groups is 1. The van der Waals surface area contributed by atoms with Crippen LogP contribution in [-0.2, 0) is 11.2 Å². The summed E-state index contributed by atoms with van der Waals surface area (Å²) in [7, 11) is 3.43. The third kappa shape index (κ3) is 3.63. The number of methoxy groups -OCH3 is 1. The van der Waals surface area contributed by atoms with Crippen LogP contribution in [-0.4, -0.2) is 31.5 Å². The molecule has 0 radical (unpaired) electrons. The predicted molar refractivity (Wildman–Crippen MR) is 69.8 cm³/mol. The number of hydrogen-bond acceptors (Lipinski definition) is 2. The zero-order valence-corrected chi connectivity index (χ0v) is 11.5. The second-order valence-corrected chi connectivity index (χ2v) is 4.54. The summed E-state index contributed by atoms with van der Waals surface area (Å²) in [6.45, 7) is 4.18. The van der Waals surface area contributed by atoms with Crippen molar-refractivity contribution in [1.29, 1.82) is 0 Å². The van der Waals surface area contributed by atoms with Gasteiger partial charge in [-0.3, -0.25) is 4.79 Å². The van der Waals surface area contributed by atoms with Gasteiger partial charge in [-0.25, -0.2) is 0 Å². The van der Waals surface area contributed by atoms with Crippen LogP contribution in [0.1, 0.15) is 18.1 Å². The van der Waals surface area contributed by atoms with E-state index in [1.807, 2.05) is 19.1 Å². The first-order valence-corrected chi connectivity index (χ1v) is 5.88. The van der Waals surface area contributed by atoms with Crippen LogP contribution in [0.2, 0.25) is 5.02 Å². The molecule has 0 N–H and O–H groups in total. The maximum atomic E-state index is 11.1. The molecule has 17 heavy (non-hydrogen) atoms. The van der Waals surface area contributed by atoms with Crippen molar-refractivity contribution in [3.8, 4) is 5.75 Å². The Morgan fingerprint density at radius 3 is 2.65 bits per heavy atom. The summed E-state index contributed by atoms with van der Waals surface area (Å²) in [5.74, 6) is 0.911. The van der Waals surface area contributed by atoms with Gasteiger partial charge >= 0.3 is 0 Å². The molecule has 1 aromatic carbocycles. The van der Waals surface area contributed by atoms with Gasteiger partial charge in [0.05, 0.1) is 7.11 Å². The zero-order chi connectivity index (χ0) is 13.0. The Kier molecular flexibility index (Phi) is 4.82. The van der Waals surface area contributed by atoms with E-state index < -0.39 is 0 Å². The lowest BCUT2D eigenvalue weighted by atomic mass is 10.1. The molecule has 0 heterocycles. The number of ether oxygens (including phenoxy) is 1. The van der Waals surface area contributed by atoms with Crippen molar-refractivity contribution >= 4 is 17.5 Å². The molecule has 0 unspecified atom stereocenters. The summed E-state index contributed by atoms with van der Waals surface area (Å²) in [5, 5.41) is 0.698. The third-order valence-electron chi connectivity index (χ3n) is 2.77. The highest BCUT2D eigenvalue weighted by Crippen LogP contribution is 2.27. The average Bonchev–Trinajstić information content (AvgIpc) is 2.24. The van der Waals surface area contributed by atoms with Crippen molar-refractivity contribution in [1.82, 2.24) is 4.90 Å². The van der Waals surface area contributed by atoms with E-state index in [0.717, 1.165) is 23.3 Å². The molecule has 0 aliphatic heterocycles. The Morgan fingerprint density at radius 1 is 1.47 bits per heavy atom. The van der Waals surface area contributed by atoms with Gasteiger partial charge in [0.2, 0.25) is 5.91 Å². The number of aryl methyl sites for hydroxylation is 1. The monoisotopic (exact) mass is 255 g/mol. The molecule has 94 valence electrons. The number of benzene rings is 1. The van der Waals surface area contributed by atoms with Crippen molar-refractivity contribution in [2.45, 2.75) is 20.3 Å². The second kappa shape index (κ2) is 5.92. The SMILES string of the molecule is COc1c(C)cc(Cl)cc1CCN(C)C(C)=O. The van der Waals surface area contributed by atoms with Crippen LogP contribution in [0.3, 0.4) is 0 Å². The fourth-order valence-corrected chi connectivity index (χ4v) is 2.02. The van der Waals surface area contributed by atoms with E-state index in [1.165, 1.54) is 0 Å². The van der Waals surface area contributed by atoms with E-state index in [4.69, 9.17) is 16.3 Å². The minimum absolute atomic E-state index is 0.0581. The molecule has 1 rings (SSSR count). The molecule has 0 atom stereocenters. The van der Waals surface area contributed by atoms with Crippen LogP contribution < -0.4 is 4.74 Å². The molecule has 1 amide bonds. The quantitative estimate of drug-likeness (QED) is 0.828. The average molecular weight is 256 g/mol. The van der Waals surface area contributed by atoms with Crippen LogP contribution in [0.5, 0.6) is 5.75 Å². The fourth-order valence-electron chi connectivity index (χ4n) is 1.72. The smallest absolute Gasteiger partial charge is 0.219 e. The van der Waals surface area contributed by atoms with E-state index >= 15 is 0 Å². The molecule has 3 nitrogen and oxygen atoms in total. The molecule has 0 fully saturated rings. The zero-order valence-electron chi connectivity index (χ0n) is 10.7. The first kappa shape index (κ1) is 13.8. The standard InChI is InChI=1S/C13H18ClNO2/c1-9-7-12(14)8-11(13(9)17-4)5-6-15(3)10(2)16/h7-8H,5-6H2,1-4H3. The van der Waals surface area contributed by atoms with E-state index in [1.54, 1.807) is 26.0 Å². The summed E-state index contributed by atoms with van der Waals surface area (Å²) in [5.41, 5.74) is 2.05. The summed E-state index contributed by atoms with van der Waals surface area (Å²) in [6.07, 6.45) is 0.737. The Morgan fingerprint density at radius 2 is 2.12 bits per heavy atom. The van der Waals surface area contributed by atoms with Gasteiger partial charge in [-0.2, -0.15) is 0 Å².